The van der Waals surface area contributed by atoms with Crippen molar-refractivity contribution in [3.05, 3.63) is 0 Å². The van der Waals surface area contributed by atoms with Gasteiger partial charge in [-0.15, -0.1) is 0 Å². The molecule has 0 atom stereocenters. The van der Waals surface area contributed by atoms with Crippen LogP contribution in [-0.2, 0) is 0 Å². The lowest BCUT2D eigenvalue weighted by molar-refractivity contribution is 0.147. The first-order valence-electron chi connectivity index (χ1n) is 2.81. The maximum Gasteiger partial charge on any atom is 0.0865 e. The van der Waals surface area contributed by atoms with Crippen molar-refractivity contribution in [1.29, 1.82) is 0 Å². The molecule has 0 unspecified atom stereocenters. The number of thiocarbonyl (C=S) groups is 1. The van der Waals surface area contributed by atoms with Crippen molar-refractivity contribution in [2.45, 2.75) is 13.3 Å². The molecule has 8 heavy (non-hydrogen) atoms. The van der Waals surface area contributed by atoms with Gasteiger partial charge in [-0.25, -0.2) is 5.01 Å². The molecule has 0 aromatic heterocycles. The zero-order valence-corrected chi connectivity index (χ0v) is 5.79. The number of hydrogen-bond donors (Lipinski definition) is 1. The van der Waals surface area contributed by atoms with E-state index in [-0.39, 0.29) is 0 Å². The molecule has 0 aromatic rings. The van der Waals surface area contributed by atoms with E-state index in [4.69, 9.17) is 12.2 Å². The number of hydrazine groups is 1. The lowest BCUT2D eigenvalue weighted by atomic mass is 10.3. The lowest BCUT2D eigenvalue weighted by Crippen LogP contribution is -2.48. The van der Waals surface area contributed by atoms with Crippen molar-refractivity contribution in [2.24, 2.45) is 0 Å². The normalized spacial score (nSPS) is 19.6. The van der Waals surface area contributed by atoms with Crippen molar-refractivity contribution in [3.8, 4) is 0 Å². The molecule has 0 aromatic carbocycles. The SMILES string of the molecule is CC(=S)NN1CCC1. The van der Waals surface area contributed by atoms with E-state index in [1.54, 1.807) is 0 Å². The molecule has 0 bridgehead atoms. The van der Waals surface area contributed by atoms with Gasteiger partial charge in [0.25, 0.3) is 0 Å². The number of hydrogen-bond acceptors (Lipinski definition) is 2. The minimum Gasteiger partial charge on any atom is -0.313 e. The van der Waals surface area contributed by atoms with Gasteiger partial charge in [-0.2, -0.15) is 0 Å². The molecule has 1 fully saturated rings. The summed E-state index contributed by atoms with van der Waals surface area (Å²) in [7, 11) is 0. The largest absolute Gasteiger partial charge is 0.313 e. The molecule has 2 nitrogen and oxygen atoms in total. The van der Waals surface area contributed by atoms with E-state index in [0.29, 0.717) is 0 Å². The van der Waals surface area contributed by atoms with Crippen LogP contribution in [0.25, 0.3) is 0 Å². The summed E-state index contributed by atoms with van der Waals surface area (Å²) in [6.07, 6.45) is 1.30. The minimum absolute atomic E-state index is 0.865. The third-order valence-corrected chi connectivity index (χ3v) is 1.26. The van der Waals surface area contributed by atoms with E-state index in [1.165, 1.54) is 6.42 Å². The Labute approximate surface area is 54.8 Å². The molecule has 1 N–H and O–H groups in total. The van der Waals surface area contributed by atoms with Crippen LogP contribution in [-0.4, -0.2) is 23.1 Å². The zero-order valence-electron chi connectivity index (χ0n) is 4.98. The van der Waals surface area contributed by atoms with E-state index >= 15 is 0 Å². The molecular weight excluding hydrogens is 120 g/mol. The summed E-state index contributed by atoms with van der Waals surface area (Å²) >= 11 is 4.82. The van der Waals surface area contributed by atoms with Crippen molar-refractivity contribution in [1.82, 2.24) is 10.4 Å². The van der Waals surface area contributed by atoms with Gasteiger partial charge >= 0.3 is 0 Å². The molecule has 46 valence electrons. The Hall–Kier alpha value is -0.150. The monoisotopic (exact) mass is 130 g/mol. The van der Waals surface area contributed by atoms with E-state index < -0.39 is 0 Å². The fourth-order valence-corrected chi connectivity index (χ4v) is 0.780. The fourth-order valence-electron chi connectivity index (χ4n) is 0.651. The highest BCUT2D eigenvalue weighted by Gasteiger charge is 2.11. The maximum atomic E-state index is 4.82. The molecule has 0 aliphatic carbocycles. The maximum absolute atomic E-state index is 4.82. The third kappa shape index (κ3) is 1.42. The smallest absolute Gasteiger partial charge is 0.0865 e. The van der Waals surface area contributed by atoms with E-state index in [9.17, 15) is 0 Å². The Kier molecular flexibility index (Phi) is 1.81. The molecule has 0 radical (unpaired) electrons. The quantitative estimate of drug-likeness (QED) is 0.522. The Morgan fingerprint density at radius 3 is 2.38 bits per heavy atom. The summed E-state index contributed by atoms with van der Waals surface area (Å²) in [5.74, 6) is 0. The third-order valence-electron chi connectivity index (χ3n) is 1.17. The Bertz CT molecular complexity index is 98.6. The second-order valence-corrected chi connectivity index (χ2v) is 2.62. The van der Waals surface area contributed by atoms with Gasteiger partial charge in [-0.05, 0) is 13.3 Å². The second kappa shape index (κ2) is 2.42. The van der Waals surface area contributed by atoms with Crippen molar-refractivity contribution in [2.75, 3.05) is 13.1 Å². The summed E-state index contributed by atoms with van der Waals surface area (Å²) in [6.45, 7) is 4.19. The molecule has 1 aliphatic rings. The van der Waals surface area contributed by atoms with E-state index in [1.807, 2.05) is 6.92 Å². The first-order valence-corrected chi connectivity index (χ1v) is 3.22. The van der Waals surface area contributed by atoms with Crippen LogP contribution >= 0.6 is 12.2 Å². The Morgan fingerprint density at radius 1 is 1.62 bits per heavy atom. The zero-order chi connectivity index (χ0) is 5.98. The molecule has 3 heteroatoms. The summed E-state index contributed by atoms with van der Waals surface area (Å²) in [4.78, 5) is 0.865. The number of rotatable bonds is 1. The van der Waals surface area contributed by atoms with Crippen LogP contribution in [0.1, 0.15) is 13.3 Å². The first kappa shape index (κ1) is 5.98. The van der Waals surface area contributed by atoms with Gasteiger partial charge in [0.05, 0.1) is 4.99 Å². The van der Waals surface area contributed by atoms with Gasteiger partial charge in [-0.1, -0.05) is 12.2 Å². The standard InChI is InChI=1S/C5H10N2S/c1-5(8)6-7-3-2-4-7/h2-4H2,1H3,(H,6,8). The van der Waals surface area contributed by atoms with Crippen LogP contribution in [0.4, 0.5) is 0 Å². The molecule has 1 aliphatic heterocycles. The predicted octanol–water partition coefficient (Wildman–Crippen LogP) is 0.544. The Balaban J connectivity index is 2.09. The molecule has 1 rings (SSSR count). The van der Waals surface area contributed by atoms with Crippen LogP contribution in [0.3, 0.4) is 0 Å². The van der Waals surface area contributed by atoms with Crippen LogP contribution < -0.4 is 5.43 Å². The summed E-state index contributed by atoms with van der Waals surface area (Å²) in [5.41, 5.74) is 3.04. The van der Waals surface area contributed by atoms with Crippen LogP contribution in [0, 0.1) is 0 Å². The molecule has 0 saturated carbocycles. The van der Waals surface area contributed by atoms with Crippen molar-refractivity contribution < 1.29 is 0 Å². The first-order chi connectivity index (χ1) is 3.79. The van der Waals surface area contributed by atoms with Crippen molar-refractivity contribution in [3.63, 3.8) is 0 Å². The predicted molar refractivity (Wildman–Crippen MR) is 37.6 cm³/mol. The van der Waals surface area contributed by atoms with E-state index in [2.05, 4.69) is 10.4 Å². The highest BCUT2D eigenvalue weighted by Crippen LogP contribution is 1.99. The van der Waals surface area contributed by atoms with Crippen LogP contribution in [0.2, 0.25) is 0 Å². The average Bonchev–Trinajstić information content (AvgIpc) is 1.55. The van der Waals surface area contributed by atoms with Crippen molar-refractivity contribution >= 4 is 17.2 Å². The summed E-state index contributed by atoms with van der Waals surface area (Å²) in [6, 6.07) is 0. The van der Waals surface area contributed by atoms with E-state index in [0.717, 1.165) is 18.1 Å². The number of nitrogens with zero attached hydrogens (tertiary/aromatic N) is 1. The fraction of sp³-hybridized carbons (Fsp3) is 0.800. The summed E-state index contributed by atoms with van der Waals surface area (Å²) in [5, 5.41) is 2.11. The van der Waals surface area contributed by atoms with Gasteiger partial charge < -0.3 is 5.43 Å². The number of nitrogens with one attached hydrogen (secondary N) is 1. The average molecular weight is 130 g/mol. The summed E-state index contributed by atoms with van der Waals surface area (Å²) < 4.78 is 0. The highest BCUT2D eigenvalue weighted by molar-refractivity contribution is 7.80. The van der Waals surface area contributed by atoms with Gasteiger partial charge in [0.1, 0.15) is 0 Å². The van der Waals surface area contributed by atoms with Gasteiger partial charge in [0, 0.05) is 13.1 Å². The van der Waals surface area contributed by atoms with Crippen LogP contribution in [0.15, 0.2) is 0 Å². The van der Waals surface area contributed by atoms with Gasteiger partial charge in [0.15, 0.2) is 0 Å². The minimum atomic E-state index is 0.865. The Morgan fingerprint density at radius 2 is 2.25 bits per heavy atom. The van der Waals surface area contributed by atoms with Gasteiger partial charge in [-0.3, -0.25) is 0 Å². The topological polar surface area (TPSA) is 15.3 Å². The van der Waals surface area contributed by atoms with Gasteiger partial charge in [0.2, 0.25) is 0 Å². The molecule has 0 amide bonds. The lowest BCUT2D eigenvalue weighted by Gasteiger charge is -2.31. The second-order valence-electron chi connectivity index (χ2n) is 2.01. The van der Waals surface area contributed by atoms with Crippen LogP contribution in [0.5, 0.6) is 0 Å². The highest BCUT2D eigenvalue weighted by atomic mass is 32.1. The molecule has 1 heterocycles. The molecule has 0 spiro atoms. The molecular formula is C5H10N2S. The molecule has 1 saturated heterocycles.